The molecule has 34 heavy (non-hydrogen) atoms. The molecule has 2 aromatic heterocycles. The maximum absolute atomic E-state index is 13.5. The summed E-state index contributed by atoms with van der Waals surface area (Å²) in [4.78, 5) is 41.3. The molecule has 180 valence electrons. The molecular weight excluding hydrogens is 434 g/mol. The number of aryl methyl sites for hydroxylation is 1. The molecule has 8 heteroatoms. The van der Waals surface area contributed by atoms with Gasteiger partial charge in [-0.2, -0.15) is 0 Å². The highest BCUT2D eigenvalue weighted by molar-refractivity contribution is 5.98. The second-order valence-electron chi connectivity index (χ2n) is 8.77. The number of furan rings is 1. The number of carbonyl (C=O) groups is 3. The van der Waals surface area contributed by atoms with Gasteiger partial charge in [0.2, 0.25) is 11.6 Å². The van der Waals surface area contributed by atoms with Gasteiger partial charge in [-0.1, -0.05) is 29.8 Å². The van der Waals surface area contributed by atoms with E-state index in [0.29, 0.717) is 44.2 Å². The van der Waals surface area contributed by atoms with Crippen molar-refractivity contribution in [3.05, 3.63) is 59.5 Å². The third kappa shape index (κ3) is 5.00. The normalized spacial score (nSPS) is 16.1. The summed E-state index contributed by atoms with van der Waals surface area (Å²) in [5, 5.41) is 0.885. The molecule has 8 nitrogen and oxygen atoms in total. The fourth-order valence-electron chi connectivity index (χ4n) is 4.45. The van der Waals surface area contributed by atoms with Crippen LogP contribution in [0.3, 0.4) is 0 Å². The predicted molar refractivity (Wildman–Crippen MR) is 127 cm³/mol. The first-order valence-electron chi connectivity index (χ1n) is 11.7. The van der Waals surface area contributed by atoms with Crippen molar-refractivity contribution in [2.75, 3.05) is 26.2 Å². The van der Waals surface area contributed by atoms with E-state index in [1.807, 2.05) is 30.5 Å². The monoisotopic (exact) mass is 465 g/mol. The first-order valence-corrected chi connectivity index (χ1v) is 11.7. The molecule has 3 aromatic rings. The van der Waals surface area contributed by atoms with Crippen LogP contribution >= 0.6 is 0 Å². The van der Waals surface area contributed by atoms with E-state index in [1.165, 1.54) is 5.56 Å². The van der Waals surface area contributed by atoms with Crippen LogP contribution in [0.2, 0.25) is 0 Å². The van der Waals surface area contributed by atoms with Gasteiger partial charge in [0.25, 0.3) is 5.91 Å². The molecule has 4 rings (SSSR count). The van der Waals surface area contributed by atoms with Crippen molar-refractivity contribution >= 4 is 28.9 Å². The Labute approximate surface area is 199 Å². The quantitative estimate of drug-likeness (QED) is 0.498. The maximum Gasteiger partial charge on any atom is 0.306 e. The van der Waals surface area contributed by atoms with E-state index in [1.54, 1.807) is 23.0 Å². The molecule has 1 atom stereocenters. The number of esters is 1. The molecule has 1 fully saturated rings. The number of amides is 2. The standard InChI is InChI=1S/C26H31N3O5/c1-4-33-24(31)10-9-23(30)28-13-12-27(16-19(28)3)25(32)22-15-21-11-14-34-26(21)29(22)17-20-7-5-18(2)6-8-20/h5-8,11,14-15,19H,4,9-10,12-13,16-17H2,1-3H3. The van der Waals surface area contributed by atoms with Crippen LogP contribution in [0.5, 0.6) is 0 Å². The van der Waals surface area contributed by atoms with Gasteiger partial charge in [-0.3, -0.25) is 14.4 Å². The predicted octanol–water partition coefficient (Wildman–Crippen LogP) is 3.61. The van der Waals surface area contributed by atoms with Crippen LogP contribution in [0, 0.1) is 6.92 Å². The summed E-state index contributed by atoms with van der Waals surface area (Å²) < 4.78 is 12.5. The molecule has 1 unspecified atom stereocenters. The minimum absolute atomic E-state index is 0.0735. The lowest BCUT2D eigenvalue weighted by atomic mass is 10.1. The summed E-state index contributed by atoms with van der Waals surface area (Å²) >= 11 is 0. The van der Waals surface area contributed by atoms with E-state index < -0.39 is 0 Å². The topological polar surface area (TPSA) is 85.0 Å². The summed E-state index contributed by atoms with van der Waals surface area (Å²) in [5.41, 5.74) is 3.51. The lowest BCUT2D eigenvalue weighted by Crippen LogP contribution is -2.55. The van der Waals surface area contributed by atoms with Gasteiger partial charge in [0.15, 0.2) is 0 Å². The minimum atomic E-state index is -0.365. The Morgan fingerprint density at radius 2 is 1.85 bits per heavy atom. The van der Waals surface area contributed by atoms with Crippen LogP contribution < -0.4 is 0 Å². The molecule has 1 aromatic carbocycles. The van der Waals surface area contributed by atoms with Gasteiger partial charge in [0.05, 0.1) is 25.8 Å². The zero-order valence-corrected chi connectivity index (χ0v) is 20.0. The van der Waals surface area contributed by atoms with Gasteiger partial charge in [-0.15, -0.1) is 0 Å². The second kappa shape index (κ2) is 10.2. The molecule has 0 radical (unpaired) electrons. The fourth-order valence-corrected chi connectivity index (χ4v) is 4.45. The van der Waals surface area contributed by atoms with Crippen molar-refractivity contribution in [3.8, 4) is 0 Å². The number of hydrogen-bond donors (Lipinski definition) is 0. The maximum atomic E-state index is 13.5. The number of ether oxygens (including phenoxy) is 1. The average molecular weight is 466 g/mol. The van der Waals surface area contributed by atoms with Crippen molar-refractivity contribution < 1.29 is 23.5 Å². The molecule has 2 amide bonds. The molecule has 0 bridgehead atoms. The molecule has 0 aliphatic carbocycles. The summed E-state index contributed by atoms with van der Waals surface area (Å²) in [7, 11) is 0. The van der Waals surface area contributed by atoms with E-state index in [2.05, 4.69) is 24.3 Å². The van der Waals surface area contributed by atoms with E-state index in [9.17, 15) is 14.4 Å². The lowest BCUT2D eigenvalue weighted by Gasteiger charge is -2.40. The van der Waals surface area contributed by atoms with Gasteiger partial charge < -0.3 is 23.5 Å². The zero-order chi connectivity index (χ0) is 24.2. The van der Waals surface area contributed by atoms with Gasteiger partial charge in [0.1, 0.15) is 5.69 Å². The summed E-state index contributed by atoms with van der Waals surface area (Å²) in [5.74, 6) is -0.534. The SMILES string of the molecule is CCOC(=O)CCC(=O)N1CCN(C(=O)c2cc3ccoc3n2Cc2ccc(C)cc2)CC1C. The van der Waals surface area contributed by atoms with Crippen LogP contribution in [0.25, 0.3) is 11.1 Å². The lowest BCUT2D eigenvalue weighted by molar-refractivity contribution is -0.146. The highest BCUT2D eigenvalue weighted by Crippen LogP contribution is 2.25. The van der Waals surface area contributed by atoms with E-state index >= 15 is 0 Å². The average Bonchev–Trinajstić information content (AvgIpc) is 3.41. The third-order valence-corrected chi connectivity index (χ3v) is 6.27. The molecular formula is C26H31N3O5. The molecule has 0 N–H and O–H groups in total. The Morgan fingerprint density at radius 3 is 2.56 bits per heavy atom. The van der Waals surface area contributed by atoms with Gasteiger partial charge >= 0.3 is 5.97 Å². The number of rotatable bonds is 7. The van der Waals surface area contributed by atoms with Gasteiger partial charge in [-0.25, -0.2) is 0 Å². The molecule has 0 spiro atoms. The van der Waals surface area contributed by atoms with Gasteiger partial charge in [0, 0.05) is 37.5 Å². The van der Waals surface area contributed by atoms with Crippen LogP contribution in [0.1, 0.15) is 48.3 Å². The first kappa shape index (κ1) is 23.6. The highest BCUT2D eigenvalue weighted by Gasteiger charge is 2.32. The Kier molecular flexibility index (Phi) is 7.05. The van der Waals surface area contributed by atoms with Crippen LogP contribution in [0.15, 0.2) is 47.1 Å². The van der Waals surface area contributed by atoms with Crippen LogP contribution in [-0.4, -0.2) is 64.4 Å². The summed E-state index contributed by atoms with van der Waals surface area (Å²) in [6.07, 6.45) is 1.82. The van der Waals surface area contributed by atoms with Crippen molar-refractivity contribution in [2.24, 2.45) is 0 Å². The minimum Gasteiger partial charge on any atom is -0.466 e. The van der Waals surface area contributed by atoms with Gasteiger partial charge in [-0.05, 0) is 38.5 Å². The van der Waals surface area contributed by atoms with E-state index in [0.717, 1.165) is 10.9 Å². The number of aromatic nitrogens is 1. The molecule has 1 saturated heterocycles. The Balaban J connectivity index is 1.46. The highest BCUT2D eigenvalue weighted by atomic mass is 16.5. The largest absolute Gasteiger partial charge is 0.466 e. The van der Waals surface area contributed by atoms with Crippen LogP contribution in [0.4, 0.5) is 0 Å². The number of fused-ring (bicyclic) bond motifs is 1. The number of piperazine rings is 1. The Bertz CT molecular complexity index is 1180. The molecule has 3 heterocycles. The fraction of sp³-hybridized carbons (Fsp3) is 0.423. The first-order chi connectivity index (χ1) is 16.4. The van der Waals surface area contributed by atoms with Crippen molar-refractivity contribution in [3.63, 3.8) is 0 Å². The Hall–Kier alpha value is -3.55. The summed E-state index contributed by atoms with van der Waals surface area (Å²) in [6, 6.07) is 11.8. The third-order valence-electron chi connectivity index (χ3n) is 6.27. The second-order valence-corrected chi connectivity index (χ2v) is 8.77. The smallest absolute Gasteiger partial charge is 0.306 e. The van der Waals surface area contributed by atoms with Crippen molar-refractivity contribution in [2.45, 2.75) is 46.2 Å². The summed E-state index contributed by atoms with van der Waals surface area (Å²) in [6.45, 7) is 7.85. The van der Waals surface area contributed by atoms with Crippen molar-refractivity contribution in [1.82, 2.24) is 14.4 Å². The Morgan fingerprint density at radius 1 is 1.09 bits per heavy atom. The number of nitrogens with zero attached hydrogens (tertiary/aromatic N) is 3. The number of hydrogen-bond acceptors (Lipinski definition) is 5. The van der Waals surface area contributed by atoms with E-state index in [-0.39, 0.29) is 36.7 Å². The molecule has 0 saturated carbocycles. The van der Waals surface area contributed by atoms with E-state index in [4.69, 9.17) is 9.15 Å². The van der Waals surface area contributed by atoms with Crippen LogP contribution in [-0.2, 0) is 20.9 Å². The zero-order valence-electron chi connectivity index (χ0n) is 20.0. The molecule has 1 aliphatic rings. The molecule has 1 aliphatic heterocycles. The number of benzene rings is 1. The van der Waals surface area contributed by atoms with Crippen molar-refractivity contribution in [1.29, 1.82) is 0 Å². The number of carbonyl (C=O) groups excluding carboxylic acids is 3.